The molecule has 7 heteroatoms. The summed E-state index contributed by atoms with van der Waals surface area (Å²) >= 11 is 12.2. The summed E-state index contributed by atoms with van der Waals surface area (Å²) in [6.07, 6.45) is 0. The van der Waals surface area contributed by atoms with Crippen LogP contribution in [0, 0.1) is 6.92 Å². The van der Waals surface area contributed by atoms with Crippen molar-refractivity contribution >= 4 is 38.9 Å². The van der Waals surface area contributed by atoms with E-state index in [1.165, 1.54) is 29.6 Å². The second kappa shape index (κ2) is 6.99. The lowest BCUT2D eigenvalue weighted by atomic mass is 10.2. The van der Waals surface area contributed by atoms with Crippen LogP contribution in [0.5, 0.6) is 5.75 Å². The van der Waals surface area contributed by atoms with Crippen LogP contribution < -0.4 is 9.04 Å². The van der Waals surface area contributed by atoms with Gasteiger partial charge in [-0.2, -0.15) is 0 Å². The molecule has 0 saturated carbocycles. The molecule has 0 amide bonds. The second-order valence-electron chi connectivity index (χ2n) is 4.85. The van der Waals surface area contributed by atoms with E-state index in [2.05, 4.69) is 0 Å². The molecular formula is C16H17Cl2NO3S. The lowest BCUT2D eigenvalue weighted by molar-refractivity contribution is 0.414. The van der Waals surface area contributed by atoms with Crippen LogP contribution in [0.1, 0.15) is 12.5 Å². The van der Waals surface area contributed by atoms with E-state index in [0.29, 0.717) is 22.0 Å². The standard InChI is InChI=1S/C16H17Cl2NO3S/c1-4-19(15-7-5-6-13(17)11(15)2)23(20,21)12-8-9-16(22-3)14(18)10-12/h5-10H,4H2,1-3H3. The van der Waals surface area contributed by atoms with E-state index in [1.807, 2.05) is 0 Å². The molecular weight excluding hydrogens is 357 g/mol. The van der Waals surface area contributed by atoms with Crippen molar-refractivity contribution in [3.05, 3.63) is 52.0 Å². The van der Waals surface area contributed by atoms with Gasteiger partial charge in [-0.1, -0.05) is 29.3 Å². The molecule has 124 valence electrons. The number of sulfonamides is 1. The summed E-state index contributed by atoms with van der Waals surface area (Å²) in [7, 11) is -2.28. The highest BCUT2D eigenvalue weighted by molar-refractivity contribution is 7.92. The Bertz CT molecular complexity index is 822. The first-order chi connectivity index (χ1) is 10.8. The number of methoxy groups -OCH3 is 1. The van der Waals surface area contributed by atoms with Crippen molar-refractivity contribution in [3.63, 3.8) is 0 Å². The molecule has 2 aromatic carbocycles. The van der Waals surface area contributed by atoms with E-state index in [9.17, 15) is 8.42 Å². The Morgan fingerprint density at radius 1 is 1.13 bits per heavy atom. The van der Waals surface area contributed by atoms with Gasteiger partial charge in [0.15, 0.2) is 0 Å². The van der Waals surface area contributed by atoms with Crippen molar-refractivity contribution in [2.45, 2.75) is 18.7 Å². The largest absolute Gasteiger partial charge is 0.495 e. The Kier molecular flexibility index (Phi) is 5.45. The van der Waals surface area contributed by atoms with Gasteiger partial charge in [0.05, 0.1) is 22.7 Å². The van der Waals surface area contributed by atoms with E-state index in [0.717, 1.165) is 0 Å². The van der Waals surface area contributed by atoms with Crippen molar-refractivity contribution in [1.29, 1.82) is 0 Å². The molecule has 0 aliphatic rings. The Hall–Kier alpha value is -1.43. The maximum atomic E-state index is 13.0. The van der Waals surface area contributed by atoms with Crippen LogP contribution in [0.4, 0.5) is 5.69 Å². The fourth-order valence-electron chi connectivity index (χ4n) is 2.27. The molecule has 2 rings (SSSR count). The van der Waals surface area contributed by atoms with Crippen molar-refractivity contribution in [2.75, 3.05) is 18.0 Å². The van der Waals surface area contributed by atoms with Crippen LogP contribution >= 0.6 is 23.2 Å². The minimum atomic E-state index is -3.76. The summed E-state index contributed by atoms with van der Waals surface area (Å²) < 4.78 is 32.3. The molecule has 0 atom stereocenters. The molecule has 0 spiro atoms. The third-order valence-electron chi connectivity index (χ3n) is 3.51. The molecule has 0 unspecified atom stereocenters. The lowest BCUT2D eigenvalue weighted by Crippen LogP contribution is -2.31. The molecule has 0 bridgehead atoms. The average molecular weight is 374 g/mol. The van der Waals surface area contributed by atoms with Gasteiger partial charge in [-0.3, -0.25) is 4.31 Å². The number of rotatable bonds is 5. The summed E-state index contributed by atoms with van der Waals surface area (Å²) in [4.78, 5) is 0.101. The highest BCUT2D eigenvalue weighted by Crippen LogP contribution is 2.33. The number of halogens is 2. The van der Waals surface area contributed by atoms with E-state index >= 15 is 0 Å². The Morgan fingerprint density at radius 2 is 1.83 bits per heavy atom. The van der Waals surface area contributed by atoms with Crippen molar-refractivity contribution in [3.8, 4) is 5.75 Å². The SMILES string of the molecule is CCN(c1cccc(Cl)c1C)S(=O)(=O)c1ccc(OC)c(Cl)c1. The predicted octanol–water partition coefficient (Wildman–Crippen LogP) is 4.53. The Balaban J connectivity index is 2.56. The number of hydrogen-bond acceptors (Lipinski definition) is 3. The normalized spacial score (nSPS) is 11.3. The van der Waals surface area contributed by atoms with Crippen LogP contribution in [0.15, 0.2) is 41.3 Å². The lowest BCUT2D eigenvalue weighted by Gasteiger charge is -2.25. The summed E-state index contributed by atoms with van der Waals surface area (Å²) in [5.74, 6) is 0.424. The zero-order valence-corrected chi connectivity index (χ0v) is 15.3. The van der Waals surface area contributed by atoms with Gasteiger partial charge in [0, 0.05) is 11.6 Å². The number of anilines is 1. The monoisotopic (exact) mass is 373 g/mol. The van der Waals surface area contributed by atoms with Crippen LogP contribution in [-0.2, 0) is 10.0 Å². The summed E-state index contributed by atoms with van der Waals surface area (Å²) in [6, 6.07) is 9.58. The molecule has 2 aromatic rings. The molecule has 0 N–H and O–H groups in total. The fraction of sp³-hybridized carbons (Fsp3) is 0.250. The number of ether oxygens (including phenoxy) is 1. The van der Waals surface area contributed by atoms with Crippen molar-refractivity contribution in [1.82, 2.24) is 0 Å². The maximum Gasteiger partial charge on any atom is 0.264 e. The smallest absolute Gasteiger partial charge is 0.264 e. The number of benzene rings is 2. The first kappa shape index (κ1) is 17.9. The molecule has 23 heavy (non-hydrogen) atoms. The van der Waals surface area contributed by atoms with Crippen LogP contribution in [-0.4, -0.2) is 22.1 Å². The Morgan fingerprint density at radius 3 is 2.39 bits per heavy atom. The van der Waals surface area contributed by atoms with E-state index in [-0.39, 0.29) is 16.5 Å². The molecule has 0 saturated heterocycles. The third-order valence-corrected chi connectivity index (χ3v) is 6.10. The summed E-state index contributed by atoms with van der Waals surface area (Å²) in [5, 5.41) is 0.761. The molecule has 0 aliphatic heterocycles. The van der Waals surface area contributed by atoms with Crippen LogP contribution in [0.25, 0.3) is 0 Å². The zero-order valence-electron chi connectivity index (χ0n) is 13.0. The van der Waals surface area contributed by atoms with E-state index in [1.54, 1.807) is 32.0 Å². The van der Waals surface area contributed by atoms with Gasteiger partial charge >= 0.3 is 0 Å². The Labute approximate surface area is 146 Å². The van der Waals surface area contributed by atoms with Crippen molar-refractivity contribution < 1.29 is 13.2 Å². The number of nitrogens with zero attached hydrogens (tertiary/aromatic N) is 1. The summed E-state index contributed by atoms with van der Waals surface area (Å²) in [5.41, 5.74) is 1.26. The topological polar surface area (TPSA) is 46.6 Å². The number of hydrogen-bond donors (Lipinski definition) is 0. The van der Waals surface area contributed by atoms with Gasteiger partial charge < -0.3 is 4.74 Å². The average Bonchev–Trinajstić information content (AvgIpc) is 2.51. The molecule has 4 nitrogen and oxygen atoms in total. The van der Waals surface area contributed by atoms with Crippen LogP contribution in [0.3, 0.4) is 0 Å². The van der Waals surface area contributed by atoms with Gasteiger partial charge in [-0.25, -0.2) is 8.42 Å². The fourth-order valence-corrected chi connectivity index (χ4v) is 4.32. The third kappa shape index (κ3) is 3.42. The van der Waals surface area contributed by atoms with Gasteiger partial charge in [0.25, 0.3) is 10.0 Å². The molecule has 0 radical (unpaired) electrons. The maximum absolute atomic E-state index is 13.0. The molecule has 0 heterocycles. The van der Waals surface area contributed by atoms with E-state index < -0.39 is 10.0 Å². The highest BCUT2D eigenvalue weighted by atomic mass is 35.5. The first-order valence-electron chi connectivity index (χ1n) is 6.94. The molecule has 0 aromatic heterocycles. The highest BCUT2D eigenvalue weighted by Gasteiger charge is 2.26. The van der Waals surface area contributed by atoms with Crippen molar-refractivity contribution in [2.24, 2.45) is 0 Å². The molecule has 0 aliphatic carbocycles. The van der Waals surface area contributed by atoms with Gasteiger partial charge in [-0.05, 0) is 49.7 Å². The minimum Gasteiger partial charge on any atom is -0.495 e. The zero-order chi connectivity index (χ0) is 17.2. The molecule has 0 fully saturated rings. The minimum absolute atomic E-state index is 0.101. The van der Waals surface area contributed by atoms with E-state index in [4.69, 9.17) is 27.9 Å². The van der Waals surface area contributed by atoms with Gasteiger partial charge in [-0.15, -0.1) is 0 Å². The summed E-state index contributed by atoms with van der Waals surface area (Å²) in [6.45, 7) is 3.83. The second-order valence-corrected chi connectivity index (χ2v) is 7.53. The van der Waals surface area contributed by atoms with Gasteiger partial charge in [0.1, 0.15) is 5.75 Å². The van der Waals surface area contributed by atoms with Gasteiger partial charge in [0.2, 0.25) is 0 Å². The van der Waals surface area contributed by atoms with Crippen LogP contribution in [0.2, 0.25) is 10.0 Å². The first-order valence-corrected chi connectivity index (χ1v) is 9.14. The predicted molar refractivity (Wildman–Crippen MR) is 94.4 cm³/mol. The quantitative estimate of drug-likeness (QED) is 0.773.